The van der Waals surface area contributed by atoms with E-state index in [9.17, 15) is 14.1 Å². The van der Waals surface area contributed by atoms with Crippen molar-refractivity contribution < 1.29 is 18.6 Å². The predicted molar refractivity (Wildman–Crippen MR) is 121 cm³/mol. The van der Waals surface area contributed by atoms with Crippen LogP contribution in [0, 0.1) is 0 Å². The molecule has 6 nitrogen and oxygen atoms in total. The molecule has 2 N–H and O–H groups in total. The van der Waals surface area contributed by atoms with Crippen molar-refractivity contribution in [3.05, 3.63) is 96.5 Å². The molecule has 2 amide bonds. The summed E-state index contributed by atoms with van der Waals surface area (Å²) in [5.41, 5.74) is 1.78. The van der Waals surface area contributed by atoms with Gasteiger partial charge in [0, 0.05) is 28.1 Å². The molecule has 2 aromatic carbocycles. The number of carbonyl (C=O) groups is 2. The maximum absolute atomic E-state index is 12.8. The Morgan fingerprint density at radius 1 is 0.935 bits per heavy atom. The molecule has 0 bridgehead atoms. The summed E-state index contributed by atoms with van der Waals surface area (Å²) in [5.74, 6) is -0.334. The molecule has 7 heteroatoms. The molecule has 0 aliphatic carbocycles. The van der Waals surface area contributed by atoms with Crippen molar-refractivity contribution in [3.8, 4) is 0 Å². The first kappa shape index (κ1) is 22.1. The van der Waals surface area contributed by atoms with Crippen LogP contribution in [0.25, 0.3) is 0 Å². The van der Waals surface area contributed by atoms with Crippen LogP contribution >= 0.6 is 0 Å². The van der Waals surface area contributed by atoms with Gasteiger partial charge in [-0.15, -0.1) is 0 Å². The van der Waals surface area contributed by atoms with Crippen LogP contribution < -0.4 is 10.6 Å². The third kappa shape index (κ3) is 5.97. The molecule has 1 atom stereocenters. The zero-order valence-electron chi connectivity index (χ0n) is 17.1. The zero-order chi connectivity index (χ0) is 22.2. The molecule has 1 unspecified atom stereocenters. The lowest BCUT2D eigenvalue weighted by Gasteiger charge is -2.12. The summed E-state index contributed by atoms with van der Waals surface area (Å²) in [6.07, 6.45) is 6.81. The van der Waals surface area contributed by atoms with Crippen molar-refractivity contribution in [1.82, 2.24) is 0 Å². The molecule has 0 fully saturated rings. The van der Waals surface area contributed by atoms with E-state index in [1.54, 1.807) is 79.7 Å². The summed E-state index contributed by atoms with van der Waals surface area (Å²) in [4.78, 5) is 25.3. The van der Waals surface area contributed by atoms with Crippen LogP contribution in [0.5, 0.6) is 0 Å². The number of carbonyl (C=O) groups excluding carboxylic acids is 2. The Hall–Kier alpha value is -3.55. The number of hydrogen-bond acceptors (Lipinski definition) is 4. The van der Waals surface area contributed by atoms with Gasteiger partial charge in [-0.1, -0.05) is 18.2 Å². The summed E-state index contributed by atoms with van der Waals surface area (Å²) < 4.78 is 17.9. The maximum Gasteiger partial charge on any atom is 0.291 e. The second-order valence-corrected chi connectivity index (χ2v) is 8.06. The van der Waals surface area contributed by atoms with Gasteiger partial charge < -0.3 is 19.6 Å². The fraction of sp³-hybridized carbons (Fsp3) is 0.0833. The van der Waals surface area contributed by atoms with E-state index in [0.717, 1.165) is 0 Å². The smallest absolute Gasteiger partial charge is 0.291 e. The van der Waals surface area contributed by atoms with Crippen LogP contribution in [0.3, 0.4) is 0 Å². The summed E-state index contributed by atoms with van der Waals surface area (Å²) in [6, 6.07) is 16.8. The van der Waals surface area contributed by atoms with Crippen molar-refractivity contribution in [3.63, 3.8) is 0 Å². The highest BCUT2D eigenvalue weighted by Gasteiger charge is 2.16. The number of furan rings is 1. The summed E-state index contributed by atoms with van der Waals surface area (Å²) >= 11 is -1.40. The monoisotopic (exact) mass is 434 g/mol. The van der Waals surface area contributed by atoms with Gasteiger partial charge in [0.25, 0.3) is 11.8 Å². The average molecular weight is 435 g/mol. The Morgan fingerprint density at radius 3 is 2.03 bits per heavy atom. The van der Waals surface area contributed by atoms with Crippen molar-refractivity contribution in [2.75, 3.05) is 10.6 Å². The maximum atomic E-state index is 12.8. The van der Waals surface area contributed by atoms with Gasteiger partial charge in [-0.3, -0.25) is 9.59 Å². The van der Waals surface area contributed by atoms with E-state index in [1.807, 2.05) is 13.0 Å². The van der Waals surface area contributed by atoms with Crippen molar-refractivity contribution in [1.29, 1.82) is 0 Å². The van der Waals surface area contributed by atoms with E-state index in [2.05, 4.69) is 10.6 Å². The third-order valence-corrected chi connectivity index (χ3v) is 5.69. The lowest BCUT2D eigenvalue weighted by Crippen LogP contribution is -2.12. The second kappa shape index (κ2) is 10.5. The van der Waals surface area contributed by atoms with Crippen molar-refractivity contribution >= 4 is 34.4 Å². The first-order chi connectivity index (χ1) is 15.0. The summed E-state index contributed by atoms with van der Waals surface area (Å²) in [7, 11) is 0. The third-order valence-electron chi connectivity index (χ3n) is 4.29. The molecule has 0 aliphatic heterocycles. The van der Waals surface area contributed by atoms with Crippen LogP contribution in [0.4, 0.5) is 11.4 Å². The Balaban J connectivity index is 1.62. The lowest BCUT2D eigenvalue weighted by molar-refractivity contribution is -0.112. The van der Waals surface area contributed by atoms with Gasteiger partial charge in [-0.2, -0.15) is 0 Å². The van der Waals surface area contributed by atoms with Crippen LogP contribution in [0.15, 0.2) is 105 Å². The number of allylic oxidation sites excluding steroid dienone is 3. The molecule has 0 aliphatic rings. The molecule has 158 valence electrons. The van der Waals surface area contributed by atoms with Gasteiger partial charge in [-0.25, -0.2) is 0 Å². The van der Waals surface area contributed by atoms with Gasteiger partial charge in [0.15, 0.2) is 15.6 Å². The molecule has 3 rings (SSSR count). The zero-order valence-corrected chi connectivity index (χ0v) is 17.9. The highest BCUT2D eigenvalue weighted by Crippen LogP contribution is 2.24. The van der Waals surface area contributed by atoms with Gasteiger partial charge in [-0.05, 0) is 74.5 Å². The van der Waals surface area contributed by atoms with Crippen molar-refractivity contribution in [2.24, 2.45) is 0 Å². The summed E-state index contributed by atoms with van der Waals surface area (Å²) in [5, 5.41) is 5.52. The molecule has 1 heterocycles. The van der Waals surface area contributed by atoms with Gasteiger partial charge in [0.05, 0.1) is 6.26 Å². The van der Waals surface area contributed by atoms with Gasteiger partial charge in [0.1, 0.15) is 0 Å². The SMILES string of the molecule is C/C=C\C=C(/C)C(=O)Nc1ccc([S+]([O-])c2ccc(NC(=O)c3ccco3)cc2)cc1. The lowest BCUT2D eigenvalue weighted by atomic mass is 10.2. The van der Waals surface area contributed by atoms with E-state index in [0.29, 0.717) is 26.7 Å². The number of anilines is 2. The first-order valence-electron chi connectivity index (χ1n) is 9.55. The fourth-order valence-electron chi connectivity index (χ4n) is 2.61. The minimum atomic E-state index is -1.40. The second-order valence-electron chi connectivity index (χ2n) is 6.58. The van der Waals surface area contributed by atoms with Crippen LogP contribution in [-0.4, -0.2) is 16.4 Å². The van der Waals surface area contributed by atoms with E-state index in [4.69, 9.17) is 4.42 Å². The molecular formula is C24H22N2O4S. The van der Waals surface area contributed by atoms with E-state index >= 15 is 0 Å². The van der Waals surface area contributed by atoms with Gasteiger partial charge in [0.2, 0.25) is 0 Å². The molecule has 0 saturated heterocycles. The number of hydrogen-bond donors (Lipinski definition) is 2. The van der Waals surface area contributed by atoms with E-state index in [1.165, 1.54) is 6.26 Å². The van der Waals surface area contributed by atoms with Crippen LogP contribution in [0.2, 0.25) is 0 Å². The van der Waals surface area contributed by atoms with Gasteiger partial charge >= 0.3 is 0 Å². The van der Waals surface area contributed by atoms with Crippen molar-refractivity contribution in [2.45, 2.75) is 23.6 Å². The largest absolute Gasteiger partial charge is 0.606 e. The Kier molecular flexibility index (Phi) is 7.48. The minimum absolute atomic E-state index is 0.195. The number of amides is 2. The van der Waals surface area contributed by atoms with E-state index < -0.39 is 11.2 Å². The molecule has 0 spiro atoms. The average Bonchev–Trinajstić information content (AvgIpc) is 3.33. The van der Waals surface area contributed by atoms with Crippen LogP contribution in [0.1, 0.15) is 24.4 Å². The highest BCUT2D eigenvalue weighted by molar-refractivity contribution is 7.91. The molecular weight excluding hydrogens is 412 g/mol. The normalized spacial score (nSPS) is 12.5. The minimum Gasteiger partial charge on any atom is -0.606 e. The number of nitrogens with one attached hydrogen (secondary N) is 2. The molecule has 3 aromatic rings. The topological polar surface area (TPSA) is 94.4 Å². The first-order valence-corrected chi connectivity index (χ1v) is 10.7. The standard InChI is InChI=1S/C24H22N2O4S/c1-3-4-6-17(2)23(27)25-18-8-12-20(13-9-18)31(29)21-14-10-19(11-15-21)26-24(28)22-7-5-16-30-22/h3-16H,1-2H3,(H,25,27)(H,26,28)/b4-3-,17-6+. The molecule has 0 radical (unpaired) electrons. The Labute approximate surface area is 183 Å². The Bertz CT molecular complexity index is 1090. The predicted octanol–water partition coefficient (Wildman–Crippen LogP) is 5.16. The fourth-order valence-corrected chi connectivity index (χ4v) is 3.64. The number of rotatable bonds is 7. The molecule has 31 heavy (non-hydrogen) atoms. The van der Waals surface area contributed by atoms with E-state index in [-0.39, 0.29) is 17.6 Å². The number of benzene rings is 2. The molecule has 1 aromatic heterocycles. The van der Waals surface area contributed by atoms with Crippen LogP contribution in [-0.2, 0) is 16.0 Å². The quantitative estimate of drug-likeness (QED) is 0.305. The molecule has 0 saturated carbocycles. The Morgan fingerprint density at radius 2 is 1.52 bits per heavy atom. The summed E-state index contributed by atoms with van der Waals surface area (Å²) in [6.45, 7) is 3.62. The highest BCUT2D eigenvalue weighted by atomic mass is 32.2.